The summed E-state index contributed by atoms with van der Waals surface area (Å²) in [5.41, 5.74) is 1.19. The molecule has 78 valence electrons. The van der Waals surface area contributed by atoms with E-state index in [-0.39, 0.29) is 0 Å². The van der Waals surface area contributed by atoms with E-state index in [4.69, 9.17) is 0 Å². The summed E-state index contributed by atoms with van der Waals surface area (Å²) >= 11 is 0. The van der Waals surface area contributed by atoms with Gasteiger partial charge in [0.1, 0.15) is 12.3 Å². The van der Waals surface area contributed by atoms with E-state index in [1.54, 1.807) is 0 Å². The number of nitrogens with zero attached hydrogens (tertiary/aromatic N) is 1. The maximum Gasteiger partial charge on any atom is 0.144 e. The minimum Gasteiger partial charge on any atom is -0.321 e. The van der Waals surface area contributed by atoms with Crippen molar-refractivity contribution >= 4 is 5.78 Å². The van der Waals surface area contributed by atoms with Gasteiger partial charge in [-0.3, -0.25) is 4.79 Å². The number of piperidine rings is 1. The number of ketones is 1. The van der Waals surface area contributed by atoms with E-state index in [0.29, 0.717) is 5.78 Å². The quantitative estimate of drug-likeness (QED) is 0.666. The Bertz CT molecular complexity index is 335. The summed E-state index contributed by atoms with van der Waals surface area (Å²) < 4.78 is 0.958. The van der Waals surface area contributed by atoms with Crippen LogP contribution < -0.4 is 0 Å². The Kier molecular flexibility index (Phi) is 2.75. The second kappa shape index (κ2) is 4.04. The summed E-state index contributed by atoms with van der Waals surface area (Å²) in [5, 5.41) is 0. The number of Topliss-reactive ketones (excluding diaryl/α,β-unsaturated/α-hetero) is 1. The number of carbonyl (C=O) groups excluding carboxylic acids is 1. The monoisotopic (exact) mass is 202 g/mol. The standard InChI is InChI=1S/C13H16NO/c1-14(9-7-13(15)8-10-14)11-12-5-3-2-4-6-12/h2-3,5H,7-11H2,1H3/q+1. The van der Waals surface area contributed by atoms with Gasteiger partial charge in [0.25, 0.3) is 0 Å². The summed E-state index contributed by atoms with van der Waals surface area (Å²) in [6.07, 6.45) is 1.46. The van der Waals surface area contributed by atoms with Crippen LogP contribution in [-0.4, -0.2) is 30.4 Å². The molecule has 15 heavy (non-hydrogen) atoms. The Labute approximate surface area is 91.1 Å². The van der Waals surface area contributed by atoms with Crippen LogP contribution in [0, 0.1) is 12.1 Å². The summed E-state index contributed by atoms with van der Waals surface area (Å²) in [5.74, 6) is 0.411. The van der Waals surface area contributed by atoms with Crippen LogP contribution in [0.4, 0.5) is 0 Å². The summed E-state index contributed by atoms with van der Waals surface area (Å²) in [6.45, 7) is 2.88. The first kappa shape index (κ1) is 10.2. The van der Waals surface area contributed by atoms with Crippen molar-refractivity contribution in [2.45, 2.75) is 19.4 Å². The molecule has 0 unspecified atom stereocenters. The lowest BCUT2D eigenvalue weighted by Crippen LogP contribution is -2.49. The second-order valence-corrected chi connectivity index (χ2v) is 4.58. The maximum absolute atomic E-state index is 11.2. The Morgan fingerprint density at radius 2 is 2.13 bits per heavy atom. The fourth-order valence-electron chi connectivity index (χ4n) is 2.08. The van der Waals surface area contributed by atoms with Crippen molar-refractivity contribution in [2.75, 3.05) is 20.1 Å². The highest BCUT2D eigenvalue weighted by molar-refractivity contribution is 5.78. The fraction of sp³-hybridized carbons (Fsp3) is 0.462. The van der Waals surface area contributed by atoms with Gasteiger partial charge in [-0.05, 0) is 12.1 Å². The number of rotatable bonds is 2. The molecular formula is C13H16NO+. The highest BCUT2D eigenvalue weighted by atomic mass is 16.1. The van der Waals surface area contributed by atoms with Crippen LogP contribution in [0.5, 0.6) is 0 Å². The van der Waals surface area contributed by atoms with Crippen LogP contribution in [0.3, 0.4) is 0 Å². The molecule has 1 aliphatic rings. The van der Waals surface area contributed by atoms with Gasteiger partial charge in [0.2, 0.25) is 0 Å². The molecule has 0 N–H and O–H groups in total. The molecule has 2 nitrogen and oxygen atoms in total. The van der Waals surface area contributed by atoms with Crippen LogP contribution in [0.1, 0.15) is 18.4 Å². The third-order valence-corrected chi connectivity index (χ3v) is 3.12. The molecule has 2 rings (SSSR count). The minimum atomic E-state index is 0.411. The molecule has 0 amide bonds. The van der Waals surface area contributed by atoms with Crippen LogP contribution in [0.2, 0.25) is 0 Å². The molecule has 1 fully saturated rings. The number of hydrogen-bond donors (Lipinski definition) is 0. The number of carbonyl (C=O) groups is 1. The second-order valence-electron chi connectivity index (χ2n) is 4.58. The average molecular weight is 202 g/mol. The van der Waals surface area contributed by atoms with E-state index in [2.05, 4.69) is 25.2 Å². The van der Waals surface area contributed by atoms with Crippen molar-refractivity contribution < 1.29 is 9.28 Å². The first-order chi connectivity index (χ1) is 7.18. The first-order valence-electron chi connectivity index (χ1n) is 5.40. The van der Waals surface area contributed by atoms with Gasteiger partial charge in [-0.2, -0.15) is 0 Å². The molecular weight excluding hydrogens is 186 g/mol. The molecule has 1 aromatic carbocycles. The van der Waals surface area contributed by atoms with Gasteiger partial charge in [0.15, 0.2) is 0 Å². The Balaban J connectivity index is 2.02. The topological polar surface area (TPSA) is 17.1 Å². The zero-order chi connectivity index (χ0) is 10.7. The van der Waals surface area contributed by atoms with E-state index < -0.39 is 0 Å². The van der Waals surface area contributed by atoms with Crippen LogP contribution in [-0.2, 0) is 11.3 Å². The Morgan fingerprint density at radius 1 is 1.40 bits per heavy atom. The Morgan fingerprint density at radius 3 is 2.73 bits per heavy atom. The highest BCUT2D eigenvalue weighted by Crippen LogP contribution is 2.17. The van der Waals surface area contributed by atoms with Crippen molar-refractivity contribution in [3.8, 4) is 0 Å². The molecule has 0 aromatic heterocycles. The molecule has 0 atom stereocenters. The molecule has 0 saturated carbocycles. The van der Waals surface area contributed by atoms with Crippen LogP contribution >= 0.6 is 0 Å². The third kappa shape index (κ3) is 2.57. The van der Waals surface area contributed by atoms with E-state index in [1.165, 1.54) is 5.56 Å². The summed E-state index contributed by atoms with van der Waals surface area (Å²) in [7, 11) is 2.22. The van der Waals surface area contributed by atoms with Gasteiger partial charge in [0, 0.05) is 0 Å². The normalized spacial score (nSPS) is 19.7. The zero-order valence-electron chi connectivity index (χ0n) is 9.12. The molecule has 1 aromatic rings. The van der Waals surface area contributed by atoms with E-state index >= 15 is 0 Å². The van der Waals surface area contributed by atoms with Crippen LogP contribution in [0.25, 0.3) is 0 Å². The molecule has 2 heteroatoms. The molecule has 1 heterocycles. The number of hydrogen-bond acceptors (Lipinski definition) is 1. The van der Waals surface area contributed by atoms with Gasteiger partial charge in [-0.25, -0.2) is 0 Å². The average Bonchev–Trinajstić information content (AvgIpc) is 2.24. The van der Waals surface area contributed by atoms with E-state index in [0.717, 1.165) is 37.0 Å². The predicted molar refractivity (Wildman–Crippen MR) is 58.0 cm³/mol. The lowest BCUT2D eigenvalue weighted by molar-refractivity contribution is -0.923. The molecule has 1 saturated heterocycles. The zero-order valence-corrected chi connectivity index (χ0v) is 9.12. The summed E-state index contributed by atoms with van der Waals surface area (Å²) in [6, 6.07) is 12.0. The van der Waals surface area contributed by atoms with Crippen molar-refractivity contribution in [1.29, 1.82) is 0 Å². The van der Waals surface area contributed by atoms with Gasteiger partial charge >= 0.3 is 0 Å². The fourth-order valence-corrected chi connectivity index (χ4v) is 2.08. The van der Waals surface area contributed by atoms with Gasteiger partial charge in [-0.1, -0.05) is 18.2 Å². The van der Waals surface area contributed by atoms with Crippen molar-refractivity contribution in [1.82, 2.24) is 0 Å². The van der Waals surface area contributed by atoms with Gasteiger partial charge < -0.3 is 4.48 Å². The van der Waals surface area contributed by atoms with E-state index in [1.807, 2.05) is 12.1 Å². The largest absolute Gasteiger partial charge is 0.321 e. The minimum absolute atomic E-state index is 0.411. The van der Waals surface area contributed by atoms with Gasteiger partial charge in [-0.15, -0.1) is 0 Å². The van der Waals surface area contributed by atoms with Crippen molar-refractivity contribution in [3.05, 3.63) is 35.9 Å². The molecule has 1 aliphatic heterocycles. The first-order valence-corrected chi connectivity index (χ1v) is 5.40. The lowest BCUT2D eigenvalue weighted by atomic mass is 10.1. The third-order valence-electron chi connectivity index (χ3n) is 3.12. The lowest BCUT2D eigenvalue weighted by Gasteiger charge is -2.36. The highest BCUT2D eigenvalue weighted by Gasteiger charge is 2.28. The maximum atomic E-state index is 11.2. The van der Waals surface area contributed by atoms with E-state index in [9.17, 15) is 4.79 Å². The smallest absolute Gasteiger partial charge is 0.144 e. The number of quaternary nitrogens is 1. The molecule has 0 bridgehead atoms. The van der Waals surface area contributed by atoms with Crippen LogP contribution in [0.15, 0.2) is 18.2 Å². The molecule has 0 aliphatic carbocycles. The number of likely N-dealkylation sites (tertiary alicyclic amines) is 1. The molecule has 0 radical (unpaired) electrons. The molecule has 0 spiro atoms. The SMILES string of the molecule is C[N+]1(Cc2c#cccc2)CCC(=O)CC1. The van der Waals surface area contributed by atoms with Gasteiger partial charge in [0.05, 0.1) is 38.5 Å². The van der Waals surface area contributed by atoms with Crippen molar-refractivity contribution in [3.63, 3.8) is 0 Å². The Hall–Kier alpha value is -1.33. The van der Waals surface area contributed by atoms with Crippen molar-refractivity contribution in [2.24, 2.45) is 0 Å². The predicted octanol–water partition coefficient (Wildman–Crippen LogP) is 1.60. The summed E-state index contributed by atoms with van der Waals surface area (Å²) in [4.78, 5) is 11.2.